The minimum absolute atomic E-state index is 0.0420. The number of carbonyl (C=O) groups excluding carboxylic acids is 1. The minimum Gasteiger partial charge on any atom is -0.508 e. The highest BCUT2D eigenvalue weighted by atomic mass is 16.3. The first-order chi connectivity index (χ1) is 10.5. The summed E-state index contributed by atoms with van der Waals surface area (Å²) in [6.45, 7) is 0. The lowest BCUT2D eigenvalue weighted by molar-refractivity contribution is 0.0955. The smallest absolute Gasteiger partial charge is 0.271 e. The lowest BCUT2D eigenvalue weighted by atomic mass is 10.2. The van der Waals surface area contributed by atoms with E-state index in [-0.39, 0.29) is 17.4 Å². The first kappa shape index (κ1) is 15.4. The van der Waals surface area contributed by atoms with E-state index in [0.717, 1.165) is 5.69 Å². The molecule has 0 aliphatic carbocycles. The fourth-order valence-corrected chi connectivity index (χ4v) is 1.78. The number of amides is 1. The lowest BCUT2D eigenvalue weighted by Gasteiger charge is -2.12. The van der Waals surface area contributed by atoms with E-state index in [9.17, 15) is 15.0 Å². The van der Waals surface area contributed by atoms with Gasteiger partial charge in [0.05, 0.1) is 6.21 Å². The summed E-state index contributed by atoms with van der Waals surface area (Å²) in [6.07, 6.45) is 1.31. The van der Waals surface area contributed by atoms with Crippen LogP contribution in [-0.2, 0) is 0 Å². The Morgan fingerprint density at radius 1 is 1.14 bits per heavy atom. The second kappa shape index (κ2) is 6.62. The zero-order chi connectivity index (χ0) is 16.1. The third-order valence-corrected chi connectivity index (χ3v) is 3.03. The molecule has 0 aliphatic rings. The fourth-order valence-electron chi connectivity index (χ4n) is 1.78. The van der Waals surface area contributed by atoms with E-state index in [1.165, 1.54) is 24.4 Å². The molecule has 0 saturated heterocycles. The summed E-state index contributed by atoms with van der Waals surface area (Å²) in [5.74, 6) is -0.507. The van der Waals surface area contributed by atoms with Crippen LogP contribution in [-0.4, -0.2) is 36.4 Å². The van der Waals surface area contributed by atoms with E-state index in [4.69, 9.17) is 0 Å². The van der Waals surface area contributed by atoms with Gasteiger partial charge < -0.3 is 15.1 Å². The molecule has 3 N–H and O–H groups in total. The SMILES string of the molecule is CN(C)c1ccc(C(=O)N/N=C/c2ccc(O)cc2O)cc1. The Balaban J connectivity index is 2.01. The van der Waals surface area contributed by atoms with Crippen molar-refractivity contribution in [3.8, 4) is 11.5 Å². The number of anilines is 1. The summed E-state index contributed by atoms with van der Waals surface area (Å²) in [7, 11) is 3.84. The predicted molar refractivity (Wildman–Crippen MR) is 85.6 cm³/mol. The van der Waals surface area contributed by atoms with E-state index < -0.39 is 0 Å². The first-order valence-electron chi connectivity index (χ1n) is 6.60. The standard InChI is InChI=1S/C16H17N3O3/c1-19(2)13-6-3-11(4-7-13)16(22)18-17-10-12-5-8-14(20)9-15(12)21/h3-10,20-21H,1-2H3,(H,18,22)/b17-10+. The lowest BCUT2D eigenvalue weighted by Crippen LogP contribution is -2.18. The molecule has 2 aromatic rings. The molecule has 0 fully saturated rings. The summed E-state index contributed by atoms with van der Waals surface area (Å²) in [6, 6.07) is 11.2. The second-order valence-corrected chi connectivity index (χ2v) is 4.88. The van der Waals surface area contributed by atoms with Crippen molar-refractivity contribution in [3.05, 3.63) is 53.6 Å². The van der Waals surface area contributed by atoms with Crippen molar-refractivity contribution in [2.45, 2.75) is 0 Å². The number of rotatable bonds is 4. The molecule has 0 spiro atoms. The van der Waals surface area contributed by atoms with Gasteiger partial charge in [-0.25, -0.2) is 5.43 Å². The Morgan fingerprint density at radius 2 is 1.82 bits per heavy atom. The highest BCUT2D eigenvalue weighted by Crippen LogP contribution is 2.20. The number of hydrazone groups is 1. The molecule has 2 aromatic carbocycles. The molecule has 0 aliphatic heterocycles. The highest BCUT2D eigenvalue weighted by molar-refractivity contribution is 5.95. The molecule has 6 heteroatoms. The van der Waals surface area contributed by atoms with Gasteiger partial charge in [0.2, 0.25) is 0 Å². The molecule has 0 radical (unpaired) electrons. The van der Waals surface area contributed by atoms with Gasteiger partial charge in [-0.15, -0.1) is 0 Å². The first-order valence-corrected chi connectivity index (χ1v) is 6.60. The molecule has 22 heavy (non-hydrogen) atoms. The molecule has 2 rings (SSSR count). The van der Waals surface area contributed by atoms with Gasteiger partial charge in [0.25, 0.3) is 5.91 Å². The normalized spacial score (nSPS) is 10.6. The van der Waals surface area contributed by atoms with Crippen molar-refractivity contribution < 1.29 is 15.0 Å². The molecule has 0 saturated carbocycles. The van der Waals surface area contributed by atoms with Gasteiger partial charge in [0, 0.05) is 37.0 Å². The van der Waals surface area contributed by atoms with Crippen molar-refractivity contribution in [2.75, 3.05) is 19.0 Å². The van der Waals surface area contributed by atoms with Gasteiger partial charge in [-0.2, -0.15) is 5.10 Å². The fraction of sp³-hybridized carbons (Fsp3) is 0.125. The van der Waals surface area contributed by atoms with Gasteiger partial charge in [-0.1, -0.05) is 0 Å². The Morgan fingerprint density at radius 3 is 2.41 bits per heavy atom. The Hall–Kier alpha value is -3.02. The number of aromatic hydroxyl groups is 2. The maximum atomic E-state index is 11.9. The predicted octanol–water partition coefficient (Wildman–Crippen LogP) is 1.93. The van der Waals surface area contributed by atoms with Gasteiger partial charge in [0.1, 0.15) is 11.5 Å². The molecule has 0 heterocycles. The van der Waals surface area contributed by atoms with E-state index in [0.29, 0.717) is 11.1 Å². The van der Waals surface area contributed by atoms with Crippen molar-refractivity contribution in [3.63, 3.8) is 0 Å². The van der Waals surface area contributed by atoms with Crippen LogP contribution in [0.15, 0.2) is 47.6 Å². The van der Waals surface area contributed by atoms with E-state index in [1.54, 1.807) is 12.1 Å². The summed E-state index contributed by atoms with van der Waals surface area (Å²) in [4.78, 5) is 13.9. The van der Waals surface area contributed by atoms with E-state index >= 15 is 0 Å². The number of phenolic OH excluding ortho intramolecular Hbond substituents is 2. The van der Waals surface area contributed by atoms with Crippen LogP contribution in [0.3, 0.4) is 0 Å². The highest BCUT2D eigenvalue weighted by Gasteiger charge is 2.05. The summed E-state index contributed by atoms with van der Waals surface area (Å²) >= 11 is 0. The summed E-state index contributed by atoms with van der Waals surface area (Å²) < 4.78 is 0. The Bertz CT molecular complexity index is 694. The number of hydrogen-bond acceptors (Lipinski definition) is 5. The van der Waals surface area contributed by atoms with Crippen molar-refractivity contribution in [1.82, 2.24) is 5.43 Å². The van der Waals surface area contributed by atoms with Crippen molar-refractivity contribution in [1.29, 1.82) is 0 Å². The zero-order valence-corrected chi connectivity index (χ0v) is 12.3. The van der Waals surface area contributed by atoms with Crippen molar-refractivity contribution >= 4 is 17.8 Å². The number of hydrogen-bond donors (Lipinski definition) is 3. The molecule has 6 nitrogen and oxygen atoms in total. The van der Waals surface area contributed by atoms with Crippen LogP contribution in [0.25, 0.3) is 0 Å². The maximum absolute atomic E-state index is 11.9. The molecule has 0 aromatic heterocycles. The van der Waals surface area contributed by atoms with Gasteiger partial charge in [0.15, 0.2) is 0 Å². The molecule has 0 unspecified atom stereocenters. The molecular formula is C16H17N3O3. The van der Waals surface area contributed by atoms with Crippen LogP contribution in [0.2, 0.25) is 0 Å². The van der Waals surface area contributed by atoms with Crippen molar-refractivity contribution in [2.24, 2.45) is 5.10 Å². The Kier molecular flexibility index (Phi) is 4.63. The van der Waals surface area contributed by atoms with E-state index in [2.05, 4.69) is 10.5 Å². The third-order valence-electron chi connectivity index (χ3n) is 3.03. The van der Waals surface area contributed by atoms with Crippen LogP contribution < -0.4 is 10.3 Å². The van der Waals surface area contributed by atoms with Gasteiger partial charge in [-0.3, -0.25) is 4.79 Å². The zero-order valence-electron chi connectivity index (χ0n) is 12.3. The number of phenols is 2. The third kappa shape index (κ3) is 3.76. The molecule has 0 atom stereocenters. The van der Waals surface area contributed by atoms with Crippen LogP contribution in [0.4, 0.5) is 5.69 Å². The monoisotopic (exact) mass is 299 g/mol. The molecule has 1 amide bonds. The largest absolute Gasteiger partial charge is 0.508 e. The maximum Gasteiger partial charge on any atom is 0.271 e. The summed E-state index contributed by atoms with van der Waals surface area (Å²) in [5.41, 5.74) is 4.25. The number of nitrogens with one attached hydrogen (secondary N) is 1. The average molecular weight is 299 g/mol. The van der Waals surface area contributed by atoms with Crippen LogP contribution >= 0.6 is 0 Å². The number of carbonyl (C=O) groups is 1. The topological polar surface area (TPSA) is 85.2 Å². The average Bonchev–Trinajstić information content (AvgIpc) is 2.49. The van der Waals surface area contributed by atoms with Gasteiger partial charge in [-0.05, 0) is 36.4 Å². The second-order valence-electron chi connectivity index (χ2n) is 4.88. The van der Waals surface area contributed by atoms with Gasteiger partial charge >= 0.3 is 0 Å². The number of nitrogens with zero attached hydrogens (tertiary/aromatic N) is 2. The molecular weight excluding hydrogens is 282 g/mol. The summed E-state index contributed by atoms with van der Waals surface area (Å²) in [5, 5.41) is 22.6. The van der Waals surface area contributed by atoms with E-state index in [1.807, 2.05) is 31.1 Å². The van der Waals surface area contributed by atoms with Crippen LogP contribution in [0.5, 0.6) is 11.5 Å². The molecule has 114 valence electrons. The quantitative estimate of drug-likeness (QED) is 0.595. The van der Waals surface area contributed by atoms with Crippen LogP contribution in [0, 0.1) is 0 Å². The molecule has 0 bridgehead atoms. The number of benzene rings is 2. The van der Waals surface area contributed by atoms with Crippen LogP contribution in [0.1, 0.15) is 15.9 Å². The minimum atomic E-state index is -0.347. The Labute approximate surface area is 128 Å².